The molecule has 4 heteroatoms. The number of rotatable bonds is 5. The molecule has 0 radical (unpaired) electrons. The number of para-hydroxylation sites is 1. The Morgan fingerprint density at radius 1 is 0.600 bits per heavy atom. The van der Waals surface area contributed by atoms with Gasteiger partial charge in [0.05, 0.1) is 0 Å². The predicted molar refractivity (Wildman–Crippen MR) is 124 cm³/mol. The molecule has 0 saturated heterocycles. The van der Waals surface area contributed by atoms with Gasteiger partial charge in [-0.25, -0.2) is 0 Å². The molecule has 3 nitrogen and oxygen atoms in total. The Hall–Kier alpha value is -3.26. The summed E-state index contributed by atoms with van der Waals surface area (Å²) in [4.78, 5) is 11.9. The van der Waals surface area contributed by atoms with Gasteiger partial charge in [0.1, 0.15) is 23.2 Å². The summed E-state index contributed by atoms with van der Waals surface area (Å²) in [6.07, 6.45) is 0. The first kappa shape index (κ1) is 21.4. The number of hydrogen-bond acceptors (Lipinski definition) is 3. The monoisotopic (exact) mass is 414 g/mol. The summed E-state index contributed by atoms with van der Waals surface area (Å²) < 4.78 is 5.70. The van der Waals surface area contributed by atoms with Gasteiger partial charge in [0.25, 0.3) is 0 Å². The molecular weight excluding hydrogens is 391 g/mol. The Balaban J connectivity index is 0.00000256. The molecule has 0 heterocycles. The normalized spacial score (nSPS) is 10.7. The van der Waals surface area contributed by atoms with Crippen molar-refractivity contribution in [2.24, 2.45) is 0 Å². The van der Waals surface area contributed by atoms with E-state index in [2.05, 4.69) is 78.9 Å². The molecular formula is C26H23O3P. The van der Waals surface area contributed by atoms with Gasteiger partial charge in [0.2, 0.25) is 0 Å². The van der Waals surface area contributed by atoms with Gasteiger partial charge in [-0.2, -0.15) is 0 Å². The highest BCUT2D eigenvalue weighted by molar-refractivity contribution is 8.01. The number of benzene rings is 4. The summed E-state index contributed by atoms with van der Waals surface area (Å²) in [6, 6.07) is 39.5. The van der Waals surface area contributed by atoms with E-state index in [4.69, 9.17) is 4.74 Å². The third kappa shape index (κ3) is 3.91. The lowest BCUT2D eigenvalue weighted by Crippen LogP contribution is -2.39. The molecule has 0 aliphatic carbocycles. The van der Waals surface area contributed by atoms with Crippen molar-refractivity contribution in [2.75, 3.05) is 0 Å². The van der Waals surface area contributed by atoms with Crippen LogP contribution < -0.4 is 26.0 Å². The van der Waals surface area contributed by atoms with Crippen molar-refractivity contribution in [3.63, 3.8) is 0 Å². The maximum absolute atomic E-state index is 11.9. The molecule has 4 aromatic rings. The van der Waals surface area contributed by atoms with Crippen LogP contribution in [-0.4, -0.2) is 11.4 Å². The van der Waals surface area contributed by atoms with Gasteiger partial charge in [-0.3, -0.25) is 4.79 Å². The Labute approximate surface area is 177 Å². The van der Waals surface area contributed by atoms with Crippen LogP contribution in [0.3, 0.4) is 0 Å². The van der Waals surface area contributed by atoms with Crippen molar-refractivity contribution in [3.05, 3.63) is 115 Å². The van der Waals surface area contributed by atoms with Crippen LogP contribution in [0.5, 0.6) is 5.75 Å². The molecule has 0 saturated carbocycles. The topological polar surface area (TPSA) is 56.3 Å². The lowest BCUT2D eigenvalue weighted by Gasteiger charge is -2.28. The fraction of sp³-hybridized carbons (Fsp3) is 0.0385. The van der Waals surface area contributed by atoms with Gasteiger partial charge in [-0.05, 0) is 48.5 Å². The number of esters is 1. The molecule has 0 atom stereocenters. The van der Waals surface area contributed by atoms with Crippen LogP contribution in [-0.2, 0) is 4.79 Å². The average Bonchev–Trinajstić information content (AvgIpc) is 2.77. The summed E-state index contributed by atoms with van der Waals surface area (Å²) in [5.41, 5.74) is 0. The lowest BCUT2D eigenvalue weighted by atomic mass is 10.3. The van der Waals surface area contributed by atoms with E-state index in [1.807, 2.05) is 36.4 Å². The molecule has 0 amide bonds. The zero-order valence-electron chi connectivity index (χ0n) is 16.7. The van der Waals surface area contributed by atoms with E-state index in [0.717, 1.165) is 5.30 Å². The largest absolute Gasteiger partial charge is 0.870 e. The predicted octanol–water partition coefficient (Wildman–Crippen LogP) is 4.05. The summed E-state index contributed by atoms with van der Waals surface area (Å²) in [5.74, 6) is 0.301. The number of carbonyl (C=O) groups excluding carboxylic acids is 1. The van der Waals surface area contributed by atoms with Crippen LogP contribution >= 0.6 is 7.26 Å². The molecule has 4 aromatic carbocycles. The smallest absolute Gasteiger partial charge is 0.308 e. The van der Waals surface area contributed by atoms with Crippen molar-refractivity contribution < 1.29 is 15.0 Å². The fourth-order valence-corrected chi connectivity index (χ4v) is 8.14. The molecule has 0 unspecified atom stereocenters. The minimum absolute atomic E-state index is 0. The molecule has 0 fully saturated rings. The molecule has 0 aromatic heterocycles. The summed E-state index contributed by atoms with van der Waals surface area (Å²) >= 11 is 0. The number of hydrogen-bond donors (Lipinski definition) is 0. The van der Waals surface area contributed by atoms with Crippen molar-refractivity contribution in [1.82, 2.24) is 0 Å². The minimum atomic E-state index is -2.28. The Bertz CT molecular complexity index is 1000. The second-order valence-electron chi connectivity index (χ2n) is 6.74. The maximum atomic E-state index is 11.9. The Kier molecular flexibility index (Phi) is 6.79. The summed E-state index contributed by atoms with van der Waals surface area (Å²) in [6.45, 7) is 1.45. The Morgan fingerprint density at radius 2 is 0.967 bits per heavy atom. The molecule has 150 valence electrons. The van der Waals surface area contributed by atoms with E-state index in [1.165, 1.54) is 22.8 Å². The summed E-state index contributed by atoms with van der Waals surface area (Å²) in [5, 5.41) is 4.70. The molecule has 0 aliphatic heterocycles. The first-order chi connectivity index (χ1) is 14.2. The quantitative estimate of drug-likeness (QED) is 0.281. The van der Waals surface area contributed by atoms with E-state index in [0.29, 0.717) is 5.75 Å². The van der Waals surface area contributed by atoms with Crippen LogP contribution in [0.25, 0.3) is 0 Å². The molecule has 0 bridgehead atoms. The fourth-order valence-electron chi connectivity index (χ4n) is 3.79. The van der Waals surface area contributed by atoms with E-state index < -0.39 is 7.26 Å². The van der Waals surface area contributed by atoms with Crippen LogP contribution in [0.1, 0.15) is 6.92 Å². The highest BCUT2D eigenvalue weighted by Crippen LogP contribution is 2.56. The van der Waals surface area contributed by atoms with Gasteiger partial charge in [0.15, 0.2) is 11.1 Å². The maximum Gasteiger partial charge on any atom is 0.308 e. The van der Waals surface area contributed by atoms with Gasteiger partial charge >= 0.3 is 5.97 Å². The number of ether oxygens (including phenoxy) is 1. The highest BCUT2D eigenvalue weighted by Gasteiger charge is 2.49. The van der Waals surface area contributed by atoms with Crippen molar-refractivity contribution in [2.45, 2.75) is 6.92 Å². The zero-order chi connectivity index (χ0) is 20.1. The molecule has 0 aliphatic rings. The van der Waals surface area contributed by atoms with Gasteiger partial charge < -0.3 is 10.2 Å². The minimum Gasteiger partial charge on any atom is -0.870 e. The Morgan fingerprint density at radius 3 is 1.37 bits per heavy atom. The van der Waals surface area contributed by atoms with E-state index in [1.54, 1.807) is 0 Å². The van der Waals surface area contributed by atoms with Gasteiger partial charge in [0, 0.05) is 6.92 Å². The van der Waals surface area contributed by atoms with Crippen LogP contribution in [0.2, 0.25) is 0 Å². The molecule has 30 heavy (non-hydrogen) atoms. The second-order valence-corrected chi connectivity index (χ2v) is 10.1. The van der Waals surface area contributed by atoms with Crippen LogP contribution in [0, 0.1) is 0 Å². The zero-order valence-corrected chi connectivity index (χ0v) is 17.6. The van der Waals surface area contributed by atoms with Crippen LogP contribution in [0.4, 0.5) is 0 Å². The van der Waals surface area contributed by atoms with Crippen molar-refractivity contribution in [3.8, 4) is 5.75 Å². The SMILES string of the molecule is CC(=O)Oc1ccccc1[P+](c1ccccc1)(c1ccccc1)c1ccccc1.[OH-]. The highest BCUT2D eigenvalue weighted by atomic mass is 31.2. The van der Waals surface area contributed by atoms with Gasteiger partial charge in [-0.15, -0.1) is 0 Å². The lowest BCUT2D eigenvalue weighted by molar-refractivity contribution is -0.131. The second kappa shape index (κ2) is 9.49. The van der Waals surface area contributed by atoms with E-state index in [-0.39, 0.29) is 11.4 Å². The van der Waals surface area contributed by atoms with Crippen molar-refractivity contribution in [1.29, 1.82) is 0 Å². The van der Waals surface area contributed by atoms with E-state index >= 15 is 0 Å². The van der Waals surface area contributed by atoms with Crippen molar-refractivity contribution >= 4 is 34.4 Å². The average molecular weight is 414 g/mol. The standard InChI is InChI=1S/C26H22O2P.H2O/c1-21(27)28-25-19-11-12-20-26(25)29(22-13-5-2-6-14-22,23-15-7-3-8-16-23)24-17-9-4-10-18-24;/h2-20H,1H3;1H2/q+1;/p-1. The summed E-state index contributed by atoms with van der Waals surface area (Å²) in [7, 11) is -2.28. The number of carbonyl (C=O) groups is 1. The van der Waals surface area contributed by atoms with Crippen LogP contribution in [0.15, 0.2) is 115 Å². The molecule has 0 spiro atoms. The van der Waals surface area contributed by atoms with Gasteiger partial charge in [-0.1, -0.05) is 66.7 Å². The van der Waals surface area contributed by atoms with E-state index in [9.17, 15) is 4.79 Å². The third-order valence-corrected chi connectivity index (χ3v) is 9.22. The molecule has 1 N–H and O–H groups in total. The first-order valence-corrected chi connectivity index (χ1v) is 11.4. The first-order valence-electron chi connectivity index (χ1n) is 9.57. The third-order valence-electron chi connectivity index (χ3n) is 4.91. The molecule has 4 rings (SSSR count).